The fourth-order valence-corrected chi connectivity index (χ4v) is 2.09. The lowest BCUT2D eigenvalue weighted by atomic mass is 10.0. The molecule has 0 heterocycles. The Hall–Kier alpha value is -0.260. The van der Waals surface area contributed by atoms with E-state index in [1.807, 2.05) is 0 Å². The SMILES string of the molecule is CCCCCCC/C=C/CCCCCC(C)C. The molecule has 0 rings (SSSR count). The third-order valence-electron chi connectivity index (χ3n) is 3.29. The van der Waals surface area contributed by atoms with E-state index in [9.17, 15) is 0 Å². The molecule has 0 amide bonds. The fourth-order valence-electron chi connectivity index (χ4n) is 2.09. The van der Waals surface area contributed by atoms with E-state index >= 15 is 0 Å². The van der Waals surface area contributed by atoms with Gasteiger partial charge < -0.3 is 0 Å². The van der Waals surface area contributed by atoms with Crippen molar-refractivity contribution in [3.8, 4) is 0 Å². The van der Waals surface area contributed by atoms with E-state index in [1.165, 1.54) is 70.6 Å². The Kier molecular flexibility index (Phi) is 13.6. The predicted octanol–water partition coefficient (Wildman–Crippen LogP) is 6.51. The molecule has 0 aliphatic carbocycles. The van der Waals surface area contributed by atoms with Crippen LogP contribution < -0.4 is 0 Å². The van der Waals surface area contributed by atoms with Crippen molar-refractivity contribution in [2.75, 3.05) is 0 Å². The highest BCUT2D eigenvalue weighted by molar-refractivity contribution is 4.81. The number of allylic oxidation sites excluding steroid dienone is 2. The first-order chi connectivity index (χ1) is 8.27. The standard InChI is InChI=1S/C17H34/c1-4-5-6-7-8-9-10-11-12-13-14-15-16-17(2)3/h10-11,17H,4-9,12-16H2,1-3H3/b11-10+. The van der Waals surface area contributed by atoms with Crippen LogP contribution >= 0.6 is 0 Å². The summed E-state index contributed by atoms with van der Waals surface area (Å²) in [4.78, 5) is 0. The molecule has 0 N–H and O–H groups in total. The van der Waals surface area contributed by atoms with Gasteiger partial charge in [-0.2, -0.15) is 0 Å². The van der Waals surface area contributed by atoms with Gasteiger partial charge in [0.05, 0.1) is 0 Å². The lowest BCUT2D eigenvalue weighted by molar-refractivity contribution is 0.528. The van der Waals surface area contributed by atoms with E-state index in [0.29, 0.717) is 0 Å². The van der Waals surface area contributed by atoms with Crippen LogP contribution in [0.5, 0.6) is 0 Å². The largest absolute Gasteiger partial charge is 0.0885 e. The normalized spacial score (nSPS) is 11.8. The Bertz CT molecular complexity index is 155. The van der Waals surface area contributed by atoms with Crippen molar-refractivity contribution in [3.05, 3.63) is 12.2 Å². The molecule has 0 aliphatic rings. The summed E-state index contributed by atoms with van der Waals surface area (Å²) in [7, 11) is 0. The van der Waals surface area contributed by atoms with Crippen LogP contribution in [0, 0.1) is 5.92 Å². The summed E-state index contributed by atoms with van der Waals surface area (Å²) in [6.07, 6.45) is 20.0. The Morgan fingerprint density at radius 1 is 0.706 bits per heavy atom. The second kappa shape index (κ2) is 13.8. The maximum atomic E-state index is 2.40. The number of hydrogen-bond acceptors (Lipinski definition) is 0. The van der Waals surface area contributed by atoms with E-state index in [-0.39, 0.29) is 0 Å². The highest BCUT2D eigenvalue weighted by atomic mass is 14.0. The zero-order valence-electron chi connectivity index (χ0n) is 12.5. The van der Waals surface area contributed by atoms with Crippen LogP contribution in [-0.2, 0) is 0 Å². The van der Waals surface area contributed by atoms with Crippen LogP contribution in [0.15, 0.2) is 12.2 Å². The van der Waals surface area contributed by atoms with Crippen LogP contribution in [0.25, 0.3) is 0 Å². The molecule has 0 heteroatoms. The smallest absolute Gasteiger partial charge is 0.0351 e. The molecule has 0 bridgehead atoms. The number of rotatable bonds is 12. The summed E-state index contributed by atoms with van der Waals surface area (Å²) in [5.74, 6) is 0.883. The minimum Gasteiger partial charge on any atom is -0.0885 e. The van der Waals surface area contributed by atoms with Crippen molar-refractivity contribution in [2.24, 2.45) is 5.92 Å². The Labute approximate surface area is 110 Å². The first-order valence-electron chi connectivity index (χ1n) is 7.92. The maximum absolute atomic E-state index is 2.40. The molecule has 0 nitrogen and oxygen atoms in total. The third-order valence-corrected chi connectivity index (χ3v) is 3.29. The monoisotopic (exact) mass is 238 g/mol. The van der Waals surface area contributed by atoms with Crippen molar-refractivity contribution in [3.63, 3.8) is 0 Å². The lowest BCUT2D eigenvalue weighted by Gasteiger charge is -2.02. The van der Waals surface area contributed by atoms with E-state index in [0.717, 1.165) is 5.92 Å². The van der Waals surface area contributed by atoms with Crippen molar-refractivity contribution >= 4 is 0 Å². The highest BCUT2D eigenvalue weighted by Gasteiger charge is 1.93. The Balaban J connectivity index is 3.04. The average molecular weight is 238 g/mol. The Morgan fingerprint density at radius 2 is 1.24 bits per heavy atom. The van der Waals surface area contributed by atoms with E-state index in [1.54, 1.807) is 0 Å². The first-order valence-corrected chi connectivity index (χ1v) is 7.92. The molecular weight excluding hydrogens is 204 g/mol. The summed E-state index contributed by atoms with van der Waals surface area (Å²) in [6.45, 7) is 6.91. The molecule has 102 valence electrons. The van der Waals surface area contributed by atoms with E-state index < -0.39 is 0 Å². The molecule has 0 radical (unpaired) electrons. The molecule has 0 saturated carbocycles. The van der Waals surface area contributed by atoms with Gasteiger partial charge in [-0.15, -0.1) is 0 Å². The molecule has 0 aromatic rings. The van der Waals surface area contributed by atoms with Crippen LogP contribution in [0.4, 0.5) is 0 Å². The average Bonchev–Trinajstić information content (AvgIpc) is 2.30. The summed E-state index contributed by atoms with van der Waals surface area (Å²) < 4.78 is 0. The summed E-state index contributed by atoms with van der Waals surface area (Å²) >= 11 is 0. The van der Waals surface area contributed by atoms with Gasteiger partial charge in [-0.05, 0) is 31.6 Å². The molecule has 17 heavy (non-hydrogen) atoms. The van der Waals surface area contributed by atoms with Crippen LogP contribution in [0.3, 0.4) is 0 Å². The van der Waals surface area contributed by atoms with Crippen LogP contribution in [0.1, 0.15) is 91.4 Å². The van der Waals surface area contributed by atoms with Gasteiger partial charge in [0.25, 0.3) is 0 Å². The quantitative estimate of drug-likeness (QED) is 0.268. The topological polar surface area (TPSA) is 0 Å². The predicted molar refractivity (Wildman–Crippen MR) is 80.4 cm³/mol. The molecule has 0 fully saturated rings. The molecule has 0 aromatic heterocycles. The minimum atomic E-state index is 0.883. The first kappa shape index (κ1) is 16.7. The zero-order chi connectivity index (χ0) is 12.8. The van der Waals surface area contributed by atoms with E-state index in [4.69, 9.17) is 0 Å². The third kappa shape index (κ3) is 15.7. The van der Waals surface area contributed by atoms with Gasteiger partial charge in [-0.3, -0.25) is 0 Å². The molecule has 0 aliphatic heterocycles. The fraction of sp³-hybridized carbons (Fsp3) is 0.882. The molecular formula is C17H34. The van der Waals surface area contributed by atoms with Gasteiger partial charge >= 0.3 is 0 Å². The second-order valence-electron chi connectivity index (χ2n) is 5.71. The van der Waals surface area contributed by atoms with Crippen molar-refractivity contribution in [1.29, 1.82) is 0 Å². The molecule has 0 atom stereocenters. The minimum absolute atomic E-state index is 0.883. The van der Waals surface area contributed by atoms with Gasteiger partial charge in [0, 0.05) is 0 Å². The van der Waals surface area contributed by atoms with Crippen LogP contribution in [0.2, 0.25) is 0 Å². The number of hydrogen-bond donors (Lipinski definition) is 0. The van der Waals surface area contributed by atoms with E-state index in [2.05, 4.69) is 32.9 Å². The van der Waals surface area contributed by atoms with Gasteiger partial charge in [-0.1, -0.05) is 77.9 Å². The summed E-state index contributed by atoms with van der Waals surface area (Å²) in [5, 5.41) is 0. The molecule has 0 aromatic carbocycles. The summed E-state index contributed by atoms with van der Waals surface area (Å²) in [5.41, 5.74) is 0. The van der Waals surface area contributed by atoms with Crippen molar-refractivity contribution in [1.82, 2.24) is 0 Å². The molecule has 0 spiro atoms. The molecule has 0 unspecified atom stereocenters. The maximum Gasteiger partial charge on any atom is -0.0351 e. The van der Waals surface area contributed by atoms with Gasteiger partial charge in [0.2, 0.25) is 0 Å². The second-order valence-corrected chi connectivity index (χ2v) is 5.71. The van der Waals surface area contributed by atoms with Gasteiger partial charge in [0.15, 0.2) is 0 Å². The van der Waals surface area contributed by atoms with Gasteiger partial charge in [-0.25, -0.2) is 0 Å². The van der Waals surface area contributed by atoms with Crippen molar-refractivity contribution in [2.45, 2.75) is 91.4 Å². The Morgan fingerprint density at radius 3 is 1.76 bits per heavy atom. The van der Waals surface area contributed by atoms with Crippen molar-refractivity contribution < 1.29 is 0 Å². The lowest BCUT2D eigenvalue weighted by Crippen LogP contribution is -1.86. The zero-order valence-corrected chi connectivity index (χ0v) is 12.5. The number of unbranched alkanes of at least 4 members (excludes halogenated alkanes) is 8. The van der Waals surface area contributed by atoms with Crippen LogP contribution in [-0.4, -0.2) is 0 Å². The van der Waals surface area contributed by atoms with Gasteiger partial charge in [0.1, 0.15) is 0 Å². The molecule has 0 saturated heterocycles. The summed E-state index contributed by atoms with van der Waals surface area (Å²) in [6, 6.07) is 0. The highest BCUT2D eigenvalue weighted by Crippen LogP contribution is 2.10.